The molecule has 2 rings (SSSR count). The van der Waals surface area contributed by atoms with E-state index in [-0.39, 0.29) is 6.09 Å². The number of hydrogen-bond donors (Lipinski definition) is 1. The van der Waals surface area contributed by atoms with Gasteiger partial charge in [-0.3, -0.25) is 0 Å². The summed E-state index contributed by atoms with van der Waals surface area (Å²) < 4.78 is 5.44. The van der Waals surface area contributed by atoms with E-state index in [1.165, 1.54) is 0 Å². The van der Waals surface area contributed by atoms with E-state index in [0.717, 1.165) is 11.5 Å². The van der Waals surface area contributed by atoms with Crippen LogP contribution in [-0.2, 0) is 4.74 Å². The van der Waals surface area contributed by atoms with E-state index in [9.17, 15) is 4.79 Å². The Bertz CT molecular complexity index is 627. The van der Waals surface area contributed by atoms with Crippen LogP contribution >= 0.6 is 0 Å². The molecule has 1 aromatic rings. The number of amidine groups is 1. The molecule has 0 radical (unpaired) electrons. The largest absolute Gasteiger partial charge is 0.444 e. The van der Waals surface area contributed by atoms with Crippen molar-refractivity contribution < 1.29 is 9.53 Å². The molecule has 6 nitrogen and oxygen atoms in total. The predicted molar refractivity (Wildman–Crippen MR) is 101 cm³/mol. The number of aliphatic imine (C=N–C) groups is 1. The number of nitrogens with one attached hydrogen (secondary N) is 1. The second kappa shape index (κ2) is 8.14. The topological polar surface area (TPSA) is 69.0 Å². The number of piperazine rings is 1. The highest BCUT2D eigenvalue weighted by Crippen LogP contribution is 2.16. The Labute approximate surface area is 150 Å². The van der Waals surface area contributed by atoms with Gasteiger partial charge in [0.25, 0.3) is 0 Å². The van der Waals surface area contributed by atoms with Crippen LogP contribution in [0.1, 0.15) is 34.1 Å². The van der Waals surface area contributed by atoms with Crippen molar-refractivity contribution in [2.75, 3.05) is 26.2 Å². The molecule has 0 spiro atoms. The number of carbonyl (C=O) groups is 1. The summed E-state index contributed by atoms with van der Waals surface area (Å²) in [6.07, 6.45) is 0.248. The Morgan fingerprint density at radius 2 is 1.68 bits per heavy atom. The molecule has 6 heteroatoms. The van der Waals surface area contributed by atoms with Crippen LogP contribution < -0.4 is 0 Å². The monoisotopic (exact) mass is 344 g/mol. The molecule has 1 amide bonds. The molecule has 0 saturated carbocycles. The van der Waals surface area contributed by atoms with Gasteiger partial charge in [-0.1, -0.05) is 18.2 Å². The molecule has 0 unspecified atom stereocenters. The number of para-hydroxylation sites is 1. The highest BCUT2D eigenvalue weighted by molar-refractivity contribution is 6.02. The number of rotatable bonds is 3. The highest BCUT2D eigenvalue weighted by atomic mass is 16.6. The molecule has 1 saturated heterocycles. The van der Waals surface area contributed by atoms with Gasteiger partial charge < -0.3 is 19.9 Å². The summed E-state index contributed by atoms with van der Waals surface area (Å²) in [6.45, 7) is 9.99. The minimum absolute atomic E-state index is 0.267. The zero-order chi connectivity index (χ0) is 18.4. The Morgan fingerprint density at radius 1 is 1.12 bits per heavy atom. The molecule has 1 N–H and O–H groups in total. The van der Waals surface area contributed by atoms with E-state index in [2.05, 4.69) is 4.90 Å². The first-order valence-electron chi connectivity index (χ1n) is 8.64. The first kappa shape index (κ1) is 19.0. The minimum atomic E-state index is -0.481. The van der Waals surface area contributed by atoms with Crippen LogP contribution in [0.2, 0.25) is 0 Å². The van der Waals surface area contributed by atoms with Crippen LogP contribution in [0.5, 0.6) is 0 Å². The molecule has 0 aromatic heterocycles. The standard InChI is InChI=1S/C19H28N4O2/c1-15(20)14-17(21-16-8-6-5-7-9-16)22-10-12-23(13-11-22)18(24)25-19(2,3)4/h5-9,20H,10-14H2,1-4H3. The second-order valence-electron chi connectivity index (χ2n) is 7.28. The second-order valence-corrected chi connectivity index (χ2v) is 7.28. The molecule has 0 bridgehead atoms. The van der Waals surface area contributed by atoms with E-state index in [4.69, 9.17) is 15.1 Å². The first-order valence-corrected chi connectivity index (χ1v) is 8.64. The fourth-order valence-electron chi connectivity index (χ4n) is 2.58. The summed E-state index contributed by atoms with van der Waals surface area (Å²) in [4.78, 5) is 20.8. The molecule has 1 fully saturated rings. The number of ether oxygens (including phenoxy) is 1. The lowest BCUT2D eigenvalue weighted by molar-refractivity contribution is 0.0186. The van der Waals surface area contributed by atoms with Crippen molar-refractivity contribution >= 4 is 23.3 Å². The van der Waals surface area contributed by atoms with E-state index in [1.54, 1.807) is 11.8 Å². The third-order valence-electron chi connectivity index (χ3n) is 3.73. The van der Waals surface area contributed by atoms with Gasteiger partial charge in [0.2, 0.25) is 0 Å². The predicted octanol–water partition coefficient (Wildman–Crippen LogP) is 3.70. The number of carbonyl (C=O) groups excluding carboxylic acids is 1. The van der Waals surface area contributed by atoms with Gasteiger partial charge in [0.05, 0.1) is 5.69 Å². The Morgan fingerprint density at radius 3 is 2.20 bits per heavy atom. The molecule has 1 aliphatic heterocycles. The lowest BCUT2D eigenvalue weighted by atomic mass is 10.2. The molecule has 0 atom stereocenters. The minimum Gasteiger partial charge on any atom is -0.444 e. The average molecular weight is 344 g/mol. The van der Waals surface area contributed by atoms with Gasteiger partial charge in [-0.15, -0.1) is 0 Å². The van der Waals surface area contributed by atoms with Crippen LogP contribution in [-0.4, -0.2) is 59.2 Å². The highest BCUT2D eigenvalue weighted by Gasteiger charge is 2.27. The summed E-state index contributed by atoms with van der Waals surface area (Å²) >= 11 is 0. The number of amides is 1. The molecule has 136 valence electrons. The van der Waals surface area contributed by atoms with Crippen molar-refractivity contribution in [3.63, 3.8) is 0 Å². The van der Waals surface area contributed by atoms with Gasteiger partial charge >= 0.3 is 6.09 Å². The molecule has 1 heterocycles. The van der Waals surface area contributed by atoms with Gasteiger partial charge in [-0.25, -0.2) is 9.79 Å². The van der Waals surface area contributed by atoms with Crippen LogP contribution in [0.4, 0.5) is 10.5 Å². The third kappa shape index (κ3) is 6.21. The van der Waals surface area contributed by atoms with Crippen LogP contribution in [0, 0.1) is 5.41 Å². The first-order chi connectivity index (χ1) is 11.7. The lowest BCUT2D eigenvalue weighted by Gasteiger charge is -2.37. The Balaban J connectivity index is 2.03. The van der Waals surface area contributed by atoms with Crippen molar-refractivity contribution in [2.45, 2.75) is 39.7 Å². The molecular formula is C19H28N4O2. The van der Waals surface area contributed by atoms with E-state index < -0.39 is 5.60 Å². The molecule has 0 aliphatic carbocycles. The lowest BCUT2D eigenvalue weighted by Crippen LogP contribution is -2.51. The quantitative estimate of drug-likeness (QED) is 0.671. The maximum atomic E-state index is 12.2. The number of hydrogen-bond acceptors (Lipinski definition) is 4. The van der Waals surface area contributed by atoms with Crippen molar-refractivity contribution in [2.24, 2.45) is 4.99 Å². The molecule has 1 aliphatic rings. The van der Waals surface area contributed by atoms with Crippen molar-refractivity contribution in [3.8, 4) is 0 Å². The van der Waals surface area contributed by atoms with Crippen LogP contribution in [0.25, 0.3) is 0 Å². The summed E-state index contributed by atoms with van der Waals surface area (Å²) in [5.74, 6) is 0.877. The van der Waals surface area contributed by atoms with E-state index >= 15 is 0 Å². The maximum absolute atomic E-state index is 12.2. The van der Waals surface area contributed by atoms with Gasteiger partial charge in [0, 0.05) is 38.3 Å². The van der Waals surface area contributed by atoms with Crippen LogP contribution in [0.15, 0.2) is 35.3 Å². The number of nitrogens with zero attached hydrogens (tertiary/aromatic N) is 3. The van der Waals surface area contributed by atoms with Gasteiger partial charge in [0.15, 0.2) is 0 Å². The van der Waals surface area contributed by atoms with Gasteiger partial charge in [-0.05, 0) is 39.8 Å². The fourth-order valence-corrected chi connectivity index (χ4v) is 2.58. The number of benzene rings is 1. The molecular weight excluding hydrogens is 316 g/mol. The van der Waals surface area contributed by atoms with Gasteiger partial charge in [-0.2, -0.15) is 0 Å². The Kier molecular flexibility index (Phi) is 6.17. The summed E-state index contributed by atoms with van der Waals surface area (Å²) in [5, 5.41) is 7.82. The fraction of sp³-hybridized carbons (Fsp3) is 0.526. The molecule has 1 aromatic carbocycles. The zero-order valence-electron chi connectivity index (χ0n) is 15.6. The van der Waals surface area contributed by atoms with E-state index in [0.29, 0.717) is 38.3 Å². The third-order valence-corrected chi connectivity index (χ3v) is 3.73. The summed E-state index contributed by atoms with van der Waals surface area (Å²) in [7, 11) is 0. The van der Waals surface area contributed by atoms with Crippen molar-refractivity contribution in [1.82, 2.24) is 9.80 Å². The Hall–Kier alpha value is -2.37. The van der Waals surface area contributed by atoms with Crippen molar-refractivity contribution in [1.29, 1.82) is 5.41 Å². The average Bonchev–Trinajstić information content (AvgIpc) is 2.53. The summed E-state index contributed by atoms with van der Waals surface area (Å²) in [5.41, 5.74) is 0.975. The molecule has 25 heavy (non-hydrogen) atoms. The van der Waals surface area contributed by atoms with Crippen LogP contribution in [0.3, 0.4) is 0 Å². The van der Waals surface area contributed by atoms with Gasteiger partial charge in [0.1, 0.15) is 11.4 Å². The summed E-state index contributed by atoms with van der Waals surface area (Å²) in [6, 6.07) is 9.77. The zero-order valence-corrected chi connectivity index (χ0v) is 15.6. The SMILES string of the molecule is CC(=N)CC(=Nc1ccccc1)N1CCN(C(=O)OC(C)(C)C)CC1. The smallest absolute Gasteiger partial charge is 0.410 e. The van der Waals surface area contributed by atoms with Crippen molar-refractivity contribution in [3.05, 3.63) is 30.3 Å². The normalized spacial score (nSPS) is 15.9. The maximum Gasteiger partial charge on any atom is 0.410 e. The van der Waals surface area contributed by atoms with E-state index in [1.807, 2.05) is 51.1 Å².